The fraction of sp³-hybridized carbons (Fsp3) is 0.333. The number of nitrogens with zero attached hydrogens (tertiary/aromatic N) is 2. The lowest BCUT2D eigenvalue weighted by molar-refractivity contribution is 0.812. The third-order valence-electron chi connectivity index (χ3n) is 2.42. The zero-order valence-corrected chi connectivity index (χ0v) is 11.2. The molecule has 0 fully saturated rings. The van der Waals surface area contributed by atoms with Gasteiger partial charge in [-0.15, -0.1) is 10.2 Å². The van der Waals surface area contributed by atoms with Crippen molar-refractivity contribution in [1.82, 2.24) is 10.2 Å². The summed E-state index contributed by atoms with van der Waals surface area (Å²) >= 11 is 7.78. The zero-order valence-electron chi connectivity index (χ0n) is 9.61. The normalized spacial score (nSPS) is 10.8. The van der Waals surface area contributed by atoms with Gasteiger partial charge in [-0.25, -0.2) is 0 Å². The van der Waals surface area contributed by atoms with E-state index in [-0.39, 0.29) is 0 Å². The van der Waals surface area contributed by atoms with Crippen LogP contribution in [0.15, 0.2) is 18.2 Å². The van der Waals surface area contributed by atoms with Crippen molar-refractivity contribution in [3.63, 3.8) is 0 Å². The first-order valence-electron chi connectivity index (χ1n) is 5.49. The molecule has 0 aliphatic heterocycles. The highest BCUT2D eigenvalue weighted by Gasteiger charge is 2.09. The molecule has 0 bridgehead atoms. The lowest BCUT2D eigenvalue weighted by atomic mass is 10.2. The maximum absolute atomic E-state index is 6.20. The van der Waals surface area contributed by atoms with Crippen LogP contribution in [0.5, 0.6) is 0 Å². The first kappa shape index (κ1) is 12.5. The quantitative estimate of drug-likeness (QED) is 0.926. The van der Waals surface area contributed by atoms with E-state index in [9.17, 15) is 0 Å². The molecule has 17 heavy (non-hydrogen) atoms. The van der Waals surface area contributed by atoms with E-state index in [1.807, 2.05) is 25.1 Å². The second-order valence-corrected chi connectivity index (χ2v) is 5.35. The maximum atomic E-state index is 6.20. The van der Waals surface area contributed by atoms with Crippen LogP contribution in [0.1, 0.15) is 17.0 Å². The van der Waals surface area contributed by atoms with E-state index in [0.717, 1.165) is 39.0 Å². The van der Waals surface area contributed by atoms with Crippen LogP contribution in [-0.4, -0.2) is 16.7 Å². The molecule has 0 unspecified atom stereocenters. The summed E-state index contributed by atoms with van der Waals surface area (Å²) in [5.74, 6) is 0. The molecular weight excluding hydrogens is 254 g/mol. The van der Waals surface area contributed by atoms with Crippen molar-refractivity contribution in [3.8, 4) is 10.6 Å². The molecular formula is C12H14ClN3S. The van der Waals surface area contributed by atoms with E-state index < -0.39 is 0 Å². The molecule has 1 heterocycles. The molecule has 0 aliphatic carbocycles. The molecule has 0 aliphatic rings. The Morgan fingerprint density at radius 1 is 1.35 bits per heavy atom. The molecule has 2 N–H and O–H groups in total. The minimum Gasteiger partial charge on any atom is -0.330 e. The van der Waals surface area contributed by atoms with Crippen molar-refractivity contribution in [3.05, 3.63) is 33.8 Å². The van der Waals surface area contributed by atoms with Crippen molar-refractivity contribution < 1.29 is 0 Å². The smallest absolute Gasteiger partial charge is 0.149 e. The molecule has 3 nitrogen and oxygen atoms in total. The van der Waals surface area contributed by atoms with Crippen LogP contribution >= 0.6 is 22.9 Å². The largest absolute Gasteiger partial charge is 0.330 e. The van der Waals surface area contributed by atoms with Crippen molar-refractivity contribution in [2.45, 2.75) is 19.8 Å². The Labute approximate surface area is 110 Å². The van der Waals surface area contributed by atoms with Crippen molar-refractivity contribution in [2.75, 3.05) is 6.54 Å². The van der Waals surface area contributed by atoms with E-state index in [0.29, 0.717) is 6.54 Å². The molecule has 1 aromatic carbocycles. The topological polar surface area (TPSA) is 51.8 Å². The number of hydrogen-bond donors (Lipinski definition) is 1. The summed E-state index contributed by atoms with van der Waals surface area (Å²) in [6.07, 6.45) is 1.83. The van der Waals surface area contributed by atoms with Crippen molar-refractivity contribution >= 4 is 22.9 Å². The highest BCUT2D eigenvalue weighted by atomic mass is 35.5. The van der Waals surface area contributed by atoms with Crippen LogP contribution in [-0.2, 0) is 6.42 Å². The van der Waals surface area contributed by atoms with Gasteiger partial charge in [0.1, 0.15) is 10.0 Å². The number of halogens is 1. The second kappa shape index (κ2) is 5.58. The van der Waals surface area contributed by atoms with Crippen molar-refractivity contribution in [2.24, 2.45) is 5.73 Å². The Morgan fingerprint density at radius 2 is 2.18 bits per heavy atom. The molecule has 2 aromatic rings. The second-order valence-electron chi connectivity index (χ2n) is 3.88. The van der Waals surface area contributed by atoms with Gasteiger partial charge in [0.05, 0.1) is 5.02 Å². The molecule has 90 valence electrons. The summed E-state index contributed by atoms with van der Waals surface area (Å²) in [7, 11) is 0. The predicted octanol–water partition coefficient (Wildman–Crippen LogP) is 3.06. The van der Waals surface area contributed by atoms with Gasteiger partial charge >= 0.3 is 0 Å². The first-order chi connectivity index (χ1) is 8.20. The zero-order chi connectivity index (χ0) is 12.3. The van der Waals surface area contributed by atoms with Gasteiger partial charge < -0.3 is 5.73 Å². The first-order valence-corrected chi connectivity index (χ1v) is 6.69. The Bertz CT molecular complexity index is 510. The molecule has 5 heteroatoms. The van der Waals surface area contributed by atoms with Crippen LogP contribution in [0.4, 0.5) is 0 Å². The van der Waals surface area contributed by atoms with E-state index in [1.165, 1.54) is 0 Å². The minimum absolute atomic E-state index is 0.681. The standard InChI is InChI=1S/C12H14ClN3S/c1-8-4-5-9(10(13)7-8)12-16-15-11(17-12)3-2-6-14/h4-5,7H,2-3,6,14H2,1H3. The van der Waals surface area contributed by atoms with Crippen LogP contribution in [0, 0.1) is 6.92 Å². The van der Waals surface area contributed by atoms with Gasteiger partial charge in [0, 0.05) is 12.0 Å². The van der Waals surface area contributed by atoms with E-state index in [2.05, 4.69) is 10.2 Å². The lowest BCUT2D eigenvalue weighted by Crippen LogP contribution is -1.99. The maximum Gasteiger partial charge on any atom is 0.149 e. The van der Waals surface area contributed by atoms with E-state index >= 15 is 0 Å². The Morgan fingerprint density at radius 3 is 2.88 bits per heavy atom. The highest BCUT2D eigenvalue weighted by molar-refractivity contribution is 7.14. The summed E-state index contributed by atoms with van der Waals surface area (Å²) in [6, 6.07) is 5.96. The SMILES string of the molecule is Cc1ccc(-c2nnc(CCCN)s2)c(Cl)c1. The van der Waals surface area contributed by atoms with Gasteiger partial charge in [0.15, 0.2) is 0 Å². The van der Waals surface area contributed by atoms with Gasteiger partial charge in [0.25, 0.3) is 0 Å². The summed E-state index contributed by atoms with van der Waals surface area (Å²) in [4.78, 5) is 0. The molecule has 0 saturated carbocycles. The average Bonchev–Trinajstić information content (AvgIpc) is 2.75. The number of aryl methyl sites for hydroxylation is 2. The summed E-state index contributed by atoms with van der Waals surface area (Å²) < 4.78 is 0. The third kappa shape index (κ3) is 3.03. The summed E-state index contributed by atoms with van der Waals surface area (Å²) in [5.41, 5.74) is 7.57. The van der Waals surface area contributed by atoms with Gasteiger partial charge in [-0.2, -0.15) is 0 Å². The molecule has 0 radical (unpaired) electrons. The van der Waals surface area contributed by atoms with Crippen LogP contribution < -0.4 is 5.73 Å². The molecule has 0 spiro atoms. The van der Waals surface area contributed by atoms with E-state index in [1.54, 1.807) is 11.3 Å². The Kier molecular flexibility index (Phi) is 4.10. The van der Waals surface area contributed by atoms with Gasteiger partial charge in [0.2, 0.25) is 0 Å². The Hall–Kier alpha value is -0.970. The van der Waals surface area contributed by atoms with Crippen molar-refractivity contribution in [1.29, 1.82) is 0 Å². The molecule has 0 atom stereocenters. The van der Waals surface area contributed by atoms with Crippen LogP contribution in [0.25, 0.3) is 10.6 Å². The fourth-order valence-electron chi connectivity index (χ4n) is 1.51. The van der Waals surface area contributed by atoms with Gasteiger partial charge in [-0.05, 0) is 31.5 Å². The molecule has 1 aromatic heterocycles. The van der Waals surface area contributed by atoms with Crippen LogP contribution in [0.3, 0.4) is 0 Å². The van der Waals surface area contributed by atoms with Gasteiger partial charge in [-0.1, -0.05) is 35.1 Å². The lowest BCUT2D eigenvalue weighted by Gasteiger charge is -2.00. The minimum atomic E-state index is 0.681. The monoisotopic (exact) mass is 267 g/mol. The number of aromatic nitrogens is 2. The van der Waals surface area contributed by atoms with E-state index in [4.69, 9.17) is 17.3 Å². The third-order valence-corrected chi connectivity index (χ3v) is 3.75. The number of hydrogen-bond acceptors (Lipinski definition) is 4. The number of nitrogens with two attached hydrogens (primary N) is 1. The Balaban J connectivity index is 2.24. The molecule has 0 amide bonds. The van der Waals surface area contributed by atoms with Gasteiger partial charge in [-0.3, -0.25) is 0 Å². The predicted molar refractivity (Wildman–Crippen MR) is 72.5 cm³/mol. The highest BCUT2D eigenvalue weighted by Crippen LogP contribution is 2.31. The fourth-order valence-corrected chi connectivity index (χ4v) is 2.81. The summed E-state index contributed by atoms with van der Waals surface area (Å²) in [5, 5.41) is 10.9. The number of rotatable bonds is 4. The summed E-state index contributed by atoms with van der Waals surface area (Å²) in [6.45, 7) is 2.70. The molecule has 0 saturated heterocycles. The molecule has 2 rings (SSSR count). The number of benzene rings is 1. The average molecular weight is 268 g/mol. The van der Waals surface area contributed by atoms with Crippen LogP contribution in [0.2, 0.25) is 5.02 Å².